The van der Waals surface area contributed by atoms with Crippen LogP contribution < -0.4 is 19.1 Å². The lowest BCUT2D eigenvalue weighted by Gasteiger charge is -2.32. The van der Waals surface area contributed by atoms with Gasteiger partial charge in [-0.25, -0.2) is 0 Å². The fourth-order valence-corrected chi connectivity index (χ4v) is 3.75. The summed E-state index contributed by atoms with van der Waals surface area (Å²) < 4.78 is 16.8. The molecule has 1 aromatic rings. The van der Waals surface area contributed by atoms with Crippen LogP contribution in [0.4, 0.5) is 0 Å². The Labute approximate surface area is 149 Å². The number of likely N-dealkylation sites (N-methyl/N-ethyl adjacent to an activating group) is 1. The van der Waals surface area contributed by atoms with E-state index >= 15 is 0 Å². The average molecular weight is 346 g/mol. The molecule has 2 heterocycles. The molecule has 1 N–H and O–H groups in total. The number of benzene rings is 1. The maximum atomic E-state index is 12.5. The number of hydrogen-bond donors (Lipinski definition) is 1. The number of allylic oxidation sites excluding steroid dienone is 2. The highest BCUT2D eigenvalue weighted by Crippen LogP contribution is 2.47. The highest BCUT2D eigenvalue weighted by atomic mass is 16.7. The van der Waals surface area contributed by atoms with E-state index in [0.29, 0.717) is 24.4 Å². The van der Waals surface area contributed by atoms with E-state index in [1.54, 1.807) is 7.11 Å². The fraction of sp³-hybridized carbons (Fsp3) is 0.550. The predicted octanol–water partition coefficient (Wildman–Crippen LogP) is 2.24. The van der Waals surface area contributed by atoms with Gasteiger partial charge in [-0.3, -0.25) is 4.79 Å². The standard InChI is InChI=1S/C20H27NO4/c1-13(2)6-5-7-15(22)11-16-18-14(8-9-21(16)3)10-17-19(20(18)23-4)25-12-24-17/h6,10,16H,5,7-9,11-12H2,1-4H3/p+1/t16-/m1/s1. The predicted molar refractivity (Wildman–Crippen MR) is 95.6 cm³/mol. The Morgan fingerprint density at radius 2 is 2.20 bits per heavy atom. The molecule has 0 amide bonds. The lowest BCUT2D eigenvalue weighted by atomic mass is 9.88. The van der Waals surface area contributed by atoms with Crippen molar-refractivity contribution in [2.45, 2.75) is 45.6 Å². The average Bonchev–Trinajstić information content (AvgIpc) is 3.03. The van der Waals surface area contributed by atoms with Gasteiger partial charge in [0.1, 0.15) is 11.8 Å². The molecule has 1 unspecified atom stereocenters. The van der Waals surface area contributed by atoms with Crippen molar-refractivity contribution in [3.05, 3.63) is 28.8 Å². The van der Waals surface area contributed by atoms with Crippen molar-refractivity contribution in [3.8, 4) is 17.2 Å². The Morgan fingerprint density at radius 3 is 2.92 bits per heavy atom. The van der Waals surface area contributed by atoms with Crippen LogP contribution >= 0.6 is 0 Å². The third-order valence-electron chi connectivity index (χ3n) is 5.09. The van der Waals surface area contributed by atoms with Gasteiger partial charge in [0, 0.05) is 12.8 Å². The molecular formula is C20H28NO4+. The number of carbonyl (C=O) groups excluding carboxylic acids is 1. The molecule has 3 rings (SSSR count). The lowest BCUT2D eigenvalue weighted by molar-refractivity contribution is -0.914. The molecule has 2 aliphatic rings. The Kier molecular flexibility index (Phi) is 5.33. The van der Waals surface area contributed by atoms with E-state index in [4.69, 9.17) is 14.2 Å². The maximum absolute atomic E-state index is 12.5. The molecule has 5 nitrogen and oxygen atoms in total. The zero-order chi connectivity index (χ0) is 18.0. The molecule has 0 aliphatic carbocycles. The van der Waals surface area contributed by atoms with Crippen LogP contribution in [0.3, 0.4) is 0 Å². The Morgan fingerprint density at radius 1 is 1.40 bits per heavy atom. The van der Waals surface area contributed by atoms with Crippen molar-refractivity contribution in [2.24, 2.45) is 0 Å². The van der Waals surface area contributed by atoms with Crippen LogP contribution in [0.25, 0.3) is 0 Å². The molecule has 0 saturated heterocycles. The number of nitrogens with one attached hydrogen (secondary N) is 1. The maximum Gasteiger partial charge on any atom is 0.231 e. The third kappa shape index (κ3) is 3.66. The summed E-state index contributed by atoms with van der Waals surface area (Å²) in [5.41, 5.74) is 3.59. The lowest BCUT2D eigenvalue weighted by Crippen LogP contribution is -3.10. The van der Waals surface area contributed by atoms with Crippen molar-refractivity contribution >= 4 is 5.78 Å². The third-order valence-corrected chi connectivity index (χ3v) is 5.09. The second kappa shape index (κ2) is 7.48. The van der Waals surface area contributed by atoms with Gasteiger partial charge < -0.3 is 19.1 Å². The summed E-state index contributed by atoms with van der Waals surface area (Å²) in [6.45, 7) is 5.35. The summed E-state index contributed by atoms with van der Waals surface area (Å²) in [6.07, 6.45) is 5.03. The number of rotatable bonds is 6. The number of ether oxygens (including phenoxy) is 3. The monoisotopic (exact) mass is 346 g/mol. The molecule has 136 valence electrons. The van der Waals surface area contributed by atoms with E-state index < -0.39 is 0 Å². The van der Waals surface area contributed by atoms with E-state index in [0.717, 1.165) is 36.4 Å². The number of hydrogen-bond acceptors (Lipinski definition) is 4. The zero-order valence-electron chi connectivity index (χ0n) is 15.6. The van der Waals surface area contributed by atoms with Crippen LogP contribution in [0.5, 0.6) is 17.2 Å². The Bertz CT molecular complexity index is 691. The summed E-state index contributed by atoms with van der Waals surface area (Å²) in [4.78, 5) is 13.9. The second-order valence-corrected chi connectivity index (χ2v) is 7.18. The van der Waals surface area contributed by atoms with Crippen molar-refractivity contribution < 1.29 is 23.9 Å². The molecule has 5 heteroatoms. The molecule has 2 aliphatic heterocycles. The molecule has 0 radical (unpaired) electrons. The quantitative estimate of drug-likeness (QED) is 0.803. The molecule has 0 saturated carbocycles. The van der Waals surface area contributed by atoms with Gasteiger partial charge in [0.15, 0.2) is 11.5 Å². The Balaban J connectivity index is 1.86. The van der Waals surface area contributed by atoms with Crippen LogP contribution in [0, 0.1) is 0 Å². The van der Waals surface area contributed by atoms with E-state index in [-0.39, 0.29) is 12.8 Å². The van der Waals surface area contributed by atoms with Crippen molar-refractivity contribution in [3.63, 3.8) is 0 Å². The molecule has 2 atom stereocenters. The molecular weight excluding hydrogens is 318 g/mol. The van der Waals surface area contributed by atoms with Crippen LogP contribution in [-0.4, -0.2) is 33.3 Å². The first-order chi connectivity index (χ1) is 12.0. The van der Waals surface area contributed by atoms with Gasteiger partial charge in [-0.2, -0.15) is 0 Å². The van der Waals surface area contributed by atoms with Crippen LogP contribution in [-0.2, 0) is 11.2 Å². The summed E-state index contributed by atoms with van der Waals surface area (Å²) in [7, 11) is 3.82. The summed E-state index contributed by atoms with van der Waals surface area (Å²) in [6, 6.07) is 2.17. The molecule has 0 fully saturated rings. The summed E-state index contributed by atoms with van der Waals surface area (Å²) >= 11 is 0. The van der Waals surface area contributed by atoms with E-state index in [1.807, 2.05) is 0 Å². The van der Waals surface area contributed by atoms with Gasteiger partial charge in [0.25, 0.3) is 0 Å². The van der Waals surface area contributed by atoms with Crippen LogP contribution in [0.2, 0.25) is 0 Å². The van der Waals surface area contributed by atoms with E-state index in [1.165, 1.54) is 16.0 Å². The van der Waals surface area contributed by atoms with Gasteiger partial charge >= 0.3 is 0 Å². The number of methoxy groups -OCH3 is 1. The van der Waals surface area contributed by atoms with Gasteiger partial charge in [0.2, 0.25) is 12.5 Å². The second-order valence-electron chi connectivity index (χ2n) is 7.18. The zero-order valence-corrected chi connectivity index (χ0v) is 15.6. The molecule has 0 bridgehead atoms. The van der Waals surface area contributed by atoms with E-state index in [9.17, 15) is 4.79 Å². The van der Waals surface area contributed by atoms with Gasteiger partial charge in [-0.1, -0.05) is 11.6 Å². The number of ketones is 1. The van der Waals surface area contributed by atoms with Crippen LogP contribution in [0.1, 0.15) is 50.3 Å². The Hall–Kier alpha value is -2.01. The first-order valence-electron chi connectivity index (χ1n) is 8.98. The minimum absolute atomic E-state index is 0.104. The van der Waals surface area contributed by atoms with Crippen LogP contribution in [0.15, 0.2) is 17.7 Å². The minimum Gasteiger partial charge on any atom is -0.492 e. The summed E-state index contributed by atoms with van der Waals surface area (Å²) in [5, 5.41) is 0. The topological polar surface area (TPSA) is 49.2 Å². The van der Waals surface area contributed by atoms with Gasteiger partial charge in [-0.05, 0) is 31.9 Å². The fourth-order valence-electron chi connectivity index (χ4n) is 3.75. The first kappa shape index (κ1) is 17.8. The number of Topliss-reactive ketones (excluding diaryl/α,β-unsaturated/α-hetero) is 1. The highest BCUT2D eigenvalue weighted by Gasteiger charge is 2.37. The number of quaternary nitrogens is 1. The van der Waals surface area contributed by atoms with Gasteiger partial charge in [0.05, 0.1) is 32.7 Å². The minimum atomic E-state index is 0.104. The van der Waals surface area contributed by atoms with Gasteiger partial charge in [-0.15, -0.1) is 0 Å². The number of carbonyl (C=O) groups is 1. The van der Waals surface area contributed by atoms with Crippen molar-refractivity contribution in [1.82, 2.24) is 0 Å². The van der Waals surface area contributed by atoms with Crippen molar-refractivity contribution in [1.29, 1.82) is 0 Å². The van der Waals surface area contributed by atoms with E-state index in [2.05, 4.69) is 33.0 Å². The molecule has 0 aromatic heterocycles. The number of fused-ring (bicyclic) bond motifs is 2. The SMILES string of the molecule is COc1c2c(cc3c1[C@@H](CC(=O)CCC=C(C)C)[NH+](C)CC3)OCO2. The molecule has 25 heavy (non-hydrogen) atoms. The first-order valence-corrected chi connectivity index (χ1v) is 8.98. The molecule has 1 aromatic carbocycles. The normalized spacial score (nSPS) is 20.8. The highest BCUT2D eigenvalue weighted by molar-refractivity contribution is 5.79. The smallest absolute Gasteiger partial charge is 0.231 e. The van der Waals surface area contributed by atoms with Crippen molar-refractivity contribution in [2.75, 3.05) is 27.5 Å². The largest absolute Gasteiger partial charge is 0.492 e. The summed E-state index contributed by atoms with van der Waals surface area (Å²) in [5.74, 6) is 2.47. The molecule has 0 spiro atoms.